The number of nitrogens with zero attached hydrogens (tertiary/aromatic N) is 1. The molecule has 3 atom stereocenters. The molecule has 1 heterocycles. The van der Waals surface area contributed by atoms with Gasteiger partial charge >= 0.3 is 17.9 Å². The smallest absolute Gasteiger partial charge is 0.337 e. The van der Waals surface area contributed by atoms with Crippen molar-refractivity contribution in [1.29, 1.82) is 0 Å². The Labute approximate surface area is 289 Å². The van der Waals surface area contributed by atoms with Crippen LogP contribution in [0.5, 0.6) is 5.75 Å². The predicted molar refractivity (Wildman–Crippen MR) is 184 cm³/mol. The van der Waals surface area contributed by atoms with Crippen LogP contribution in [0.2, 0.25) is 0 Å². The predicted octanol–water partition coefficient (Wildman–Crippen LogP) is 5.00. The van der Waals surface area contributed by atoms with Crippen molar-refractivity contribution in [2.45, 2.75) is 127 Å². The van der Waals surface area contributed by atoms with Gasteiger partial charge in [0.1, 0.15) is 23.7 Å². The molecule has 0 radical (unpaired) electrons. The Morgan fingerprint density at radius 2 is 1.51 bits per heavy atom. The van der Waals surface area contributed by atoms with Gasteiger partial charge in [-0.3, -0.25) is 14.4 Å². The van der Waals surface area contributed by atoms with Gasteiger partial charge in [-0.1, -0.05) is 69.7 Å². The number of carboxylic acid groups (broad SMARTS) is 3. The highest BCUT2D eigenvalue weighted by Gasteiger charge is 2.49. The second-order valence-corrected chi connectivity index (χ2v) is 13.2. The average molecular weight is 689 g/mol. The van der Waals surface area contributed by atoms with Crippen molar-refractivity contribution in [3.05, 3.63) is 42.0 Å². The zero-order valence-corrected chi connectivity index (χ0v) is 29.1. The molecule has 1 aliphatic rings. The van der Waals surface area contributed by atoms with E-state index in [0.717, 1.165) is 77.0 Å². The number of carbonyl (C=O) groups is 5. The van der Waals surface area contributed by atoms with Crippen molar-refractivity contribution in [1.82, 2.24) is 10.2 Å². The SMILES string of the molecule is CCCCCCCC(=O)CCCCCC/C=C/[C@@H](C(=O)N[C@@H](Cc1ccc(OC2CCN(C)CC2)cc1)C(=O)O)[C@@](O)(CC(=O)O)C(=O)O. The molecule has 0 saturated carbocycles. The molecule has 1 aromatic carbocycles. The number of allylic oxidation sites excluding steroid dienone is 1. The molecule has 12 heteroatoms. The molecule has 49 heavy (non-hydrogen) atoms. The number of piperidine rings is 1. The number of benzene rings is 1. The lowest BCUT2D eigenvalue weighted by Crippen LogP contribution is -2.55. The number of hydrogen-bond acceptors (Lipinski definition) is 8. The molecule has 0 unspecified atom stereocenters. The van der Waals surface area contributed by atoms with Crippen molar-refractivity contribution in [3.8, 4) is 5.75 Å². The number of aliphatic carboxylic acids is 3. The van der Waals surface area contributed by atoms with Gasteiger partial charge in [0.05, 0.1) is 12.3 Å². The van der Waals surface area contributed by atoms with Crippen LogP contribution in [0.4, 0.5) is 0 Å². The topological polar surface area (TPSA) is 191 Å². The van der Waals surface area contributed by atoms with Crippen molar-refractivity contribution < 1.29 is 49.1 Å². The molecule has 1 saturated heterocycles. The van der Waals surface area contributed by atoms with E-state index in [0.29, 0.717) is 37.0 Å². The molecule has 2 rings (SSSR count). The fourth-order valence-corrected chi connectivity index (χ4v) is 5.93. The van der Waals surface area contributed by atoms with Crippen LogP contribution in [-0.2, 0) is 30.4 Å². The van der Waals surface area contributed by atoms with E-state index in [9.17, 15) is 44.4 Å². The summed E-state index contributed by atoms with van der Waals surface area (Å²) < 4.78 is 6.04. The molecule has 1 fully saturated rings. The van der Waals surface area contributed by atoms with E-state index in [4.69, 9.17) is 4.74 Å². The summed E-state index contributed by atoms with van der Waals surface area (Å²) in [5.74, 6) is -7.01. The first-order valence-electron chi connectivity index (χ1n) is 17.7. The van der Waals surface area contributed by atoms with E-state index in [1.165, 1.54) is 12.5 Å². The largest absolute Gasteiger partial charge is 0.490 e. The van der Waals surface area contributed by atoms with Crippen LogP contribution in [0.1, 0.15) is 109 Å². The third-order valence-electron chi connectivity index (χ3n) is 9.00. The Bertz CT molecular complexity index is 1230. The summed E-state index contributed by atoms with van der Waals surface area (Å²) in [4.78, 5) is 63.4. The minimum absolute atomic E-state index is 0.0854. The molecule has 0 aliphatic carbocycles. The van der Waals surface area contributed by atoms with E-state index < -0.39 is 47.8 Å². The number of hydrogen-bond donors (Lipinski definition) is 5. The fraction of sp³-hybridized carbons (Fsp3) is 0.649. The first kappa shape index (κ1) is 41.4. The van der Waals surface area contributed by atoms with E-state index >= 15 is 0 Å². The van der Waals surface area contributed by atoms with Crippen molar-refractivity contribution in [2.75, 3.05) is 20.1 Å². The summed E-state index contributed by atoms with van der Waals surface area (Å²) >= 11 is 0. The van der Waals surface area contributed by atoms with Gasteiger partial charge in [-0.15, -0.1) is 0 Å². The van der Waals surface area contributed by atoms with Crippen LogP contribution in [0.15, 0.2) is 36.4 Å². The number of Topliss-reactive ketones (excluding diaryl/α,β-unsaturated/α-hetero) is 1. The van der Waals surface area contributed by atoms with Gasteiger partial charge in [-0.25, -0.2) is 9.59 Å². The van der Waals surface area contributed by atoms with Gasteiger partial charge in [0, 0.05) is 32.4 Å². The number of aliphatic hydroxyl groups is 1. The standard InChI is InChI=1S/C37H56N2O10/c1-3-4-5-8-11-14-28(40)15-12-9-6-7-10-13-16-31(37(48,36(46)47)26-33(41)42)34(43)38-32(35(44)45)25-27-17-19-29(20-18-27)49-30-21-23-39(2)24-22-30/h13,16-20,30-32,48H,3-12,14-15,21-26H2,1-2H3,(H,38,43)(H,41,42)(H,44,45)(H,46,47)/b16-13+/t31-,32-,37-/m0/s1. The van der Waals surface area contributed by atoms with E-state index in [1.54, 1.807) is 24.3 Å². The zero-order valence-electron chi connectivity index (χ0n) is 29.1. The summed E-state index contributed by atoms with van der Waals surface area (Å²) in [6, 6.07) is 5.34. The van der Waals surface area contributed by atoms with Crippen LogP contribution < -0.4 is 10.1 Å². The highest BCUT2D eigenvalue weighted by atomic mass is 16.5. The van der Waals surface area contributed by atoms with Crippen molar-refractivity contribution in [2.24, 2.45) is 5.92 Å². The normalized spacial score (nSPS) is 16.5. The number of rotatable bonds is 25. The quantitative estimate of drug-likeness (QED) is 0.0686. The number of amides is 1. The summed E-state index contributed by atoms with van der Waals surface area (Å²) in [7, 11) is 2.06. The minimum atomic E-state index is -3.01. The molecule has 0 bridgehead atoms. The highest BCUT2D eigenvalue weighted by Crippen LogP contribution is 2.26. The zero-order chi connectivity index (χ0) is 36.2. The second-order valence-electron chi connectivity index (χ2n) is 13.2. The number of ether oxygens (including phenoxy) is 1. The molecule has 0 aromatic heterocycles. The van der Waals surface area contributed by atoms with Gasteiger partial charge in [0.2, 0.25) is 5.91 Å². The Morgan fingerprint density at radius 1 is 0.918 bits per heavy atom. The van der Waals surface area contributed by atoms with Crippen LogP contribution in [0.3, 0.4) is 0 Å². The van der Waals surface area contributed by atoms with Gasteiger partial charge in [-0.2, -0.15) is 0 Å². The van der Waals surface area contributed by atoms with Crippen LogP contribution in [-0.4, -0.2) is 92.8 Å². The summed E-state index contributed by atoms with van der Waals surface area (Å²) in [5, 5.41) is 42.3. The molecule has 1 aliphatic heterocycles. The summed E-state index contributed by atoms with van der Waals surface area (Å²) in [6.07, 6.45) is 13.2. The van der Waals surface area contributed by atoms with Gasteiger partial charge < -0.3 is 35.4 Å². The Morgan fingerprint density at radius 3 is 2.06 bits per heavy atom. The van der Waals surface area contributed by atoms with Gasteiger partial charge in [0.15, 0.2) is 5.60 Å². The number of ketones is 1. The van der Waals surface area contributed by atoms with E-state index in [1.807, 2.05) is 0 Å². The molecule has 0 spiro atoms. The lowest BCUT2D eigenvalue weighted by atomic mass is 9.82. The number of unbranched alkanes of at least 4 members (excludes halogenated alkanes) is 8. The lowest BCUT2D eigenvalue weighted by Gasteiger charge is -2.29. The number of carboxylic acids is 3. The first-order valence-corrected chi connectivity index (χ1v) is 17.7. The summed E-state index contributed by atoms with van der Waals surface area (Å²) in [5.41, 5.74) is -2.44. The molecule has 12 nitrogen and oxygen atoms in total. The second kappa shape index (κ2) is 22.0. The highest BCUT2D eigenvalue weighted by molar-refractivity contribution is 5.94. The molecule has 1 aromatic rings. The third-order valence-corrected chi connectivity index (χ3v) is 9.00. The maximum atomic E-state index is 13.4. The Hall–Kier alpha value is -3.77. The Balaban J connectivity index is 1.98. The van der Waals surface area contributed by atoms with Gasteiger partial charge in [-0.05, 0) is 63.3 Å². The number of likely N-dealkylation sites (tertiary alicyclic amines) is 1. The maximum Gasteiger partial charge on any atom is 0.337 e. The van der Waals surface area contributed by atoms with Crippen LogP contribution >= 0.6 is 0 Å². The Kier molecular flexibility index (Phi) is 18.6. The monoisotopic (exact) mass is 688 g/mol. The van der Waals surface area contributed by atoms with E-state index in [2.05, 4.69) is 24.2 Å². The molecular weight excluding hydrogens is 632 g/mol. The van der Waals surface area contributed by atoms with Crippen molar-refractivity contribution >= 4 is 29.6 Å². The average Bonchev–Trinajstić information content (AvgIpc) is 3.04. The minimum Gasteiger partial charge on any atom is -0.490 e. The van der Waals surface area contributed by atoms with Gasteiger partial charge in [0.25, 0.3) is 0 Å². The lowest BCUT2D eigenvalue weighted by molar-refractivity contribution is -0.172. The molecule has 1 amide bonds. The van der Waals surface area contributed by atoms with E-state index in [-0.39, 0.29) is 18.3 Å². The molecule has 5 N–H and O–H groups in total. The summed E-state index contributed by atoms with van der Waals surface area (Å²) in [6.45, 7) is 4.02. The fourth-order valence-electron chi connectivity index (χ4n) is 5.93. The van der Waals surface area contributed by atoms with Crippen LogP contribution in [0.25, 0.3) is 0 Å². The molecular formula is C37H56N2O10. The van der Waals surface area contributed by atoms with Crippen LogP contribution in [0, 0.1) is 5.92 Å². The maximum absolute atomic E-state index is 13.4. The number of nitrogens with one attached hydrogen (secondary N) is 1. The molecule has 274 valence electrons. The first-order chi connectivity index (χ1) is 23.3. The number of carbonyl (C=O) groups excluding carboxylic acids is 2. The van der Waals surface area contributed by atoms with Crippen molar-refractivity contribution in [3.63, 3.8) is 0 Å². The third kappa shape index (κ3) is 15.5.